The molecule has 6 heteroatoms. The molecular formula is C31H40ClNO4. The van der Waals surface area contributed by atoms with Gasteiger partial charge >= 0.3 is 0 Å². The number of unbranched alkanes of at least 4 members (excludes halogenated alkanes) is 2. The Kier molecular flexibility index (Phi) is 11.4. The third-order valence-corrected chi connectivity index (χ3v) is 6.69. The van der Waals surface area contributed by atoms with Crippen molar-refractivity contribution in [1.29, 1.82) is 0 Å². The first-order valence-corrected chi connectivity index (χ1v) is 13.2. The van der Waals surface area contributed by atoms with Crippen LogP contribution in [0.1, 0.15) is 50.2 Å². The molecule has 0 saturated carbocycles. The zero-order chi connectivity index (χ0) is 25.1. The van der Waals surface area contributed by atoms with Gasteiger partial charge in [0.1, 0.15) is 17.1 Å². The van der Waals surface area contributed by atoms with Gasteiger partial charge in [-0.3, -0.25) is 0 Å². The van der Waals surface area contributed by atoms with Crippen LogP contribution in [0.5, 0.6) is 23.0 Å². The smallest absolute Gasteiger partial charge is 0.165 e. The number of ether oxygens (including phenoxy) is 4. The van der Waals surface area contributed by atoms with Crippen molar-refractivity contribution in [2.24, 2.45) is 0 Å². The number of benzene rings is 3. The summed E-state index contributed by atoms with van der Waals surface area (Å²) in [6.07, 6.45) is 6.08. The molecule has 1 atom stereocenters. The van der Waals surface area contributed by atoms with Crippen LogP contribution in [0.15, 0.2) is 72.8 Å². The molecule has 0 fully saturated rings. The molecular weight excluding hydrogens is 486 g/mol. The first-order valence-electron chi connectivity index (χ1n) is 13.2. The molecule has 1 heterocycles. The van der Waals surface area contributed by atoms with Crippen LogP contribution in [-0.2, 0) is 12.0 Å². The summed E-state index contributed by atoms with van der Waals surface area (Å²) in [7, 11) is 1.70. The van der Waals surface area contributed by atoms with Crippen molar-refractivity contribution in [1.82, 2.24) is 5.32 Å². The van der Waals surface area contributed by atoms with Crippen LogP contribution in [0.25, 0.3) is 0 Å². The molecule has 37 heavy (non-hydrogen) atoms. The molecule has 0 amide bonds. The molecule has 0 radical (unpaired) electrons. The Balaban J connectivity index is 0.00000380. The number of methoxy groups -OCH3 is 1. The minimum absolute atomic E-state index is 0. The summed E-state index contributed by atoms with van der Waals surface area (Å²) in [6, 6.07) is 24.5. The molecule has 0 saturated heterocycles. The molecule has 3 aromatic rings. The molecule has 1 aliphatic rings. The van der Waals surface area contributed by atoms with E-state index in [9.17, 15) is 0 Å². The van der Waals surface area contributed by atoms with Gasteiger partial charge in [-0.25, -0.2) is 0 Å². The number of hydrogen-bond acceptors (Lipinski definition) is 5. The lowest BCUT2D eigenvalue weighted by molar-refractivity contribution is 0.0395. The molecule has 3 aromatic carbocycles. The molecule has 1 unspecified atom stereocenters. The maximum Gasteiger partial charge on any atom is 0.165 e. The first-order chi connectivity index (χ1) is 17.7. The number of halogens is 1. The fourth-order valence-electron chi connectivity index (χ4n) is 4.60. The van der Waals surface area contributed by atoms with Gasteiger partial charge in [-0.15, -0.1) is 12.4 Å². The second-order valence-electron chi connectivity index (χ2n) is 9.32. The second kappa shape index (κ2) is 14.7. The summed E-state index contributed by atoms with van der Waals surface area (Å²) in [5.74, 6) is 3.45. The SMILES string of the molecule is CCCCNCC1(c2ccc(OCCCCOc3ccccc3)cc2)CCc2cccc(OC)c2O1.Cl. The number of nitrogens with one attached hydrogen (secondary N) is 1. The lowest BCUT2D eigenvalue weighted by atomic mass is 9.84. The molecule has 5 nitrogen and oxygen atoms in total. The van der Waals surface area contributed by atoms with E-state index >= 15 is 0 Å². The molecule has 0 bridgehead atoms. The summed E-state index contributed by atoms with van der Waals surface area (Å²) in [6.45, 7) is 5.32. The molecule has 4 rings (SSSR count). The molecule has 1 N–H and O–H groups in total. The highest BCUT2D eigenvalue weighted by molar-refractivity contribution is 5.85. The number of hydrogen-bond donors (Lipinski definition) is 1. The van der Waals surface area contributed by atoms with E-state index in [0.717, 1.165) is 73.8 Å². The third kappa shape index (κ3) is 7.80. The minimum Gasteiger partial charge on any atom is -0.494 e. The van der Waals surface area contributed by atoms with Gasteiger partial charge in [0.25, 0.3) is 0 Å². The highest BCUT2D eigenvalue weighted by atomic mass is 35.5. The molecule has 1 aliphatic heterocycles. The van der Waals surface area contributed by atoms with Crippen LogP contribution >= 0.6 is 12.4 Å². The largest absolute Gasteiger partial charge is 0.494 e. The fourth-order valence-corrected chi connectivity index (χ4v) is 4.60. The maximum absolute atomic E-state index is 6.77. The first kappa shape index (κ1) is 28.7. The van der Waals surface area contributed by atoms with E-state index in [1.165, 1.54) is 12.0 Å². The van der Waals surface area contributed by atoms with Crippen molar-refractivity contribution in [2.45, 2.75) is 51.0 Å². The molecule has 0 aromatic heterocycles. The van der Waals surface area contributed by atoms with E-state index in [1.54, 1.807) is 7.11 Å². The maximum atomic E-state index is 6.77. The summed E-state index contributed by atoms with van der Waals surface area (Å²) in [5.41, 5.74) is 1.92. The number of para-hydroxylation sites is 2. The predicted octanol–water partition coefficient (Wildman–Crippen LogP) is 6.97. The molecule has 200 valence electrons. The predicted molar refractivity (Wildman–Crippen MR) is 152 cm³/mol. The van der Waals surface area contributed by atoms with Crippen molar-refractivity contribution >= 4 is 12.4 Å². The minimum atomic E-state index is -0.442. The quantitative estimate of drug-likeness (QED) is 0.230. The zero-order valence-corrected chi connectivity index (χ0v) is 22.9. The van der Waals surface area contributed by atoms with Gasteiger partial charge in [0.2, 0.25) is 0 Å². The van der Waals surface area contributed by atoms with Crippen LogP contribution in [-0.4, -0.2) is 33.4 Å². The lowest BCUT2D eigenvalue weighted by Gasteiger charge is -2.40. The fraction of sp³-hybridized carbons (Fsp3) is 0.419. The standard InChI is InChI=1S/C31H39NO4.ClH/c1-3-4-21-32-24-31(20-19-25-11-10-14-29(33-2)30(25)36-31)26-15-17-28(18-16-26)35-23-9-8-22-34-27-12-6-5-7-13-27;/h5-7,10-18,32H,3-4,8-9,19-24H2,1-2H3;1H. The Bertz CT molecular complexity index is 1050. The molecule has 0 spiro atoms. The Morgan fingerprint density at radius 2 is 1.54 bits per heavy atom. The van der Waals surface area contributed by atoms with Gasteiger partial charge in [0, 0.05) is 6.54 Å². The Labute approximate surface area is 227 Å². The van der Waals surface area contributed by atoms with Crippen LogP contribution in [0.4, 0.5) is 0 Å². The third-order valence-electron chi connectivity index (χ3n) is 6.69. The molecule has 0 aliphatic carbocycles. The normalized spacial score (nSPS) is 16.2. The Morgan fingerprint density at radius 1 is 0.838 bits per heavy atom. The van der Waals surface area contributed by atoms with Gasteiger partial charge in [0.05, 0.1) is 20.3 Å². The van der Waals surface area contributed by atoms with E-state index in [0.29, 0.717) is 13.2 Å². The highest BCUT2D eigenvalue weighted by Gasteiger charge is 2.39. The summed E-state index contributed by atoms with van der Waals surface area (Å²) in [5, 5.41) is 3.63. The summed E-state index contributed by atoms with van der Waals surface area (Å²) >= 11 is 0. The van der Waals surface area contributed by atoms with Crippen molar-refractivity contribution in [3.63, 3.8) is 0 Å². The van der Waals surface area contributed by atoms with E-state index in [1.807, 2.05) is 42.5 Å². The van der Waals surface area contributed by atoms with Gasteiger partial charge in [-0.2, -0.15) is 0 Å². The van der Waals surface area contributed by atoms with E-state index in [2.05, 4.69) is 42.6 Å². The van der Waals surface area contributed by atoms with Gasteiger partial charge in [-0.1, -0.05) is 55.8 Å². The summed E-state index contributed by atoms with van der Waals surface area (Å²) in [4.78, 5) is 0. The average molecular weight is 526 g/mol. The van der Waals surface area contributed by atoms with Crippen molar-refractivity contribution < 1.29 is 18.9 Å². The second-order valence-corrected chi connectivity index (χ2v) is 9.32. The van der Waals surface area contributed by atoms with Gasteiger partial charge < -0.3 is 24.3 Å². The van der Waals surface area contributed by atoms with E-state index in [-0.39, 0.29) is 12.4 Å². The van der Waals surface area contributed by atoms with Crippen molar-refractivity contribution in [2.75, 3.05) is 33.4 Å². The number of fused-ring (bicyclic) bond motifs is 1. The van der Waals surface area contributed by atoms with E-state index in [4.69, 9.17) is 18.9 Å². The van der Waals surface area contributed by atoms with Crippen LogP contribution < -0.4 is 24.3 Å². The Hall–Kier alpha value is -2.89. The van der Waals surface area contributed by atoms with Crippen molar-refractivity contribution in [3.8, 4) is 23.0 Å². The van der Waals surface area contributed by atoms with E-state index < -0.39 is 5.60 Å². The van der Waals surface area contributed by atoms with Crippen LogP contribution in [0.2, 0.25) is 0 Å². The monoisotopic (exact) mass is 525 g/mol. The van der Waals surface area contributed by atoms with Crippen LogP contribution in [0.3, 0.4) is 0 Å². The van der Waals surface area contributed by atoms with Gasteiger partial charge in [-0.05, 0) is 80.1 Å². The zero-order valence-electron chi connectivity index (χ0n) is 22.0. The van der Waals surface area contributed by atoms with Crippen LogP contribution in [0, 0.1) is 0 Å². The summed E-state index contributed by atoms with van der Waals surface area (Å²) < 4.78 is 24.2. The Morgan fingerprint density at radius 3 is 2.22 bits per heavy atom. The average Bonchev–Trinajstić information content (AvgIpc) is 2.93. The lowest BCUT2D eigenvalue weighted by Crippen LogP contribution is -2.46. The highest BCUT2D eigenvalue weighted by Crippen LogP contribution is 2.44. The number of rotatable bonds is 14. The van der Waals surface area contributed by atoms with Crippen molar-refractivity contribution in [3.05, 3.63) is 83.9 Å². The topological polar surface area (TPSA) is 49.0 Å². The number of aryl methyl sites for hydroxylation is 1. The van der Waals surface area contributed by atoms with Gasteiger partial charge in [0.15, 0.2) is 11.5 Å².